The van der Waals surface area contributed by atoms with Gasteiger partial charge in [-0.3, -0.25) is 0 Å². The number of imidazole rings is 1. The van der Waals surface area contributed by atoms with E-state index in [9.17, 15) is 0 Å². The molecule has 7 heteroatoms. The molecule has 3 aromatic heterocycles. The highest BCUT2D eigenvalue weighted by molar-refractivity contribution is 9.10. The lowest BCUT2D eigenvalue weighted by Crippen LogP contribution is -2.08. The fourth-order valence-electron chi connectivity index (χ4n) is 1.69. The largest absolute Gasteiger partial charge is 0.367 e. The molecule has 18 heavy (non-hydrogen) atoms. The zero-order valence-electron chi connectivity index (χ0n) is 9.38. The number of rotatable bonds is 4. The molecule has 3 heterocycles. The fourth-order valence-corrected chi connectivity index (χ4v) is 2.68. The van der Waals surface area contributed by atoms with Crippen LogP contribution in [-0.2, 0) is 6.42 Å². The Bertz CT molecular complexity index is 649. The van der Waals surface area contributed by atoms with Crippen molar-refractivity contribution in [2.75, 3.05) is 11.9 Å². The van der Waals surface area contributed by atoms with E-state index >= 15 is 0 Å². The Labute approximate surface area is 116 Å². The average Bonchev–Trinajstić information content (AvgIpc) is 2.98. The highest BCUT2D eigenvalue weighted by atomic mass is 79.9. The fraction of sp³-hybridized carbons (Fsp3) is 0.182. The quantitative estimate of drug-likeness (QED) is 0.801. The van der Waals surface area contributed by atoms with Crippen LogP contribution in [0.15, 0.2) is 34.1 Å². The molecule has 1 N–H and O–H groups in total. The predicted octanol–water partition coefficient (Wildman–Crippen LogP) is 2.60. The van der Waals surface area contributed by atoms with Gasteiger partial charge >= 0.3 is 0 Å². The van der Waals surface area contributed by atoms with E-state index in [2.05, 4.69) is 41.6 Å². The van der Waals surface area contributed by atoms with E-state index in [1.165, 1.54) is 0 Å². The zero-order valence-corrected chi connectivity index (χ0v) is 11.8. The SMILES string of the molecule is Brc1cn2ccnc2c(NCCc2cscn2)n1. The maximum atomic E-state index is 4.40. The summed E-state index contributed by atoms with van der Waals surface area (Å²) < 4.78 is 2.71. The van der Waals surface area contributed by atoms with Gasteiger partial charge in [0.05, 0.1) is 11.2 Å². The lowest BCUT2D eigenvalue weighted by atomic mass is 10.3. The number of hydrogen-bond donors (Lipinski definition) is 1. The summed E-state index contributed by atoms with van der Waals surface area (Å²) in [4.78, 5) is 12.9. The number of fused-ring (bicyclic) bond motifs is 1. The van der Waals surface area contributed by atoms with Crippen molar-refractivity contribution < 1.29 is 0 Å². The number of nitrogens with zero attached hydrogens (tertiary/aromatic N) is 4. The predicted molar refractivity (Wildman–Crippen MR) is 75.0 cm³/mol. The standard InChI is InChI=1S/C11H10BrN5S/c12-9-5-17-4-3-14-11(17)10(16-9)13-2-1-8-6-18-7-15-8/h3-7H,1-2H2,(H,13,16). The monoisotopic (exact) mass is 323 g/mol. The first kappa shape index (κ1) is 11.6. The van der Waals surface area contributed by atoms with Gasteiger partial charge in [0.15, 0.2) is 11.5 Å². The van der Waals surface area contributed by atoms with Crippen LogP contribution in [-0.4, -0.2) is 25.9 Å². The molecule has 3 aromatic rings. The highest BCUT2D eigenvalue weighted by Gasteiger charge is 2.05. The molecule has 0 unspecified atom stereocenters. The van der Waals surface area contributed by atoms with E-state index in [0.717, 1.165) is 34.7 Å². The Kier molecular flexibility index (Phi) is 3.24. The van der Waals surface area contributed by atoms with Gasteiger partial charge in [0.2, 0.25) is 0 Å². The van der Waals surface area contributed by atoms with Gasteiger partial charge in [-0.15, -0.1) is 11.3 Å². The Balaban J connectivity index is 1.75. The summed E-state index contributed by atoms with van der Waals surface area (Å²) in [5.41, 5.74) is 3.78. The second-order valence-corrected chi connectivity index (χ2v) is 5.26. The molecule has 0 aliphatic carbocycles. The number of aromatic nitrogens is 4. The van der Waals surface area contributed by atoms with E-state index in [1.807, 2.05) is 22.3 Å². The average molecular weight is 324 g/mol. The Morgan fingerprint density at radius 3 is 3.17 bits per heavy atom. The third-order valence-electron chi connectivity index (χ3n) is 2.50. The first-order valence-electron chi connectivity index (χ1n) is 5.43. The Morgan fingerprint density at radius 1 is 1.39 bits per heavy atom. The molecule has 0 aliphatic heterocycles. The van der Waals surface area contributed by atoms with Crippen LogP contribution in [0.4, 0.5) is 5.82 Å². The highest BCUT2D eigenvalue weighted by Crippen LogP contribution is 2.16. The molecule has 0 spiro atoms. The van der Waals surface area contributed by atoms with Gasteiger partial charge in [-0.05, 0) is 15.9 Å². The number of halogens is 1. The van der Waals surface area contributed by atoms with Crippen LogP contribution in [0.25, 0.3) is 5.65 Å². The van der Waals surface area contributed by atoms with Crippen LogP contribution in [0, 0.1) is 0 Å². The van der Waals surface area contributed by atoms with Crippen LogP contribution in [0.3, 0.4) is 0 Å². The molecule has 0 radical (unpaired) electrons. The Hall–Kier alpha value is -1.47. The minimum Gasteiger partial charge on any atom is -0.367 e. The molecule has 0 saturated heterocycles. The third kappa shape index (κ3) is 2.37. The summed E-state index contributed by atoms with van der Waals surface area (Å²) in [6, 6.07) is 0. The number of hydrogen-bond acceptors (Lipinski definition) is 5. The molecule has 0 aliphatic rings. The van der Waals surface area contributed by atoms with Gasteiger partial charge in [-0.2, -0.15) is 0 Å². The van der Waals surface area contributed by atoms with Gasteiger partial charge in [0.25, 0.3) is 0 Å². The van der Waals surface area contributed by atoms with E-state index in [-0.39, 0.29) is 0 Å². The first-order chi connectivity index (χ1) is 8.83. The van der Waals surface area contributed by atoms with Crippen molar-refractivity contribution >= 4 is 38.7 Å². The second kappa shape index (κ2) is 5.03. The number of anilines is 1. The topological polar surface area (TPSA) is 55.1 Å². The van der Waals surface area contributed by atoms with Gasteiger partial charge in [0.1, 0.15) is 4.60 Å². The molecule has 0 amide bonds. The Morgan fingerprint density at radius 2 is 2.33 bits per heavy atom. The summed E-state index contributed by atoms with van der Waals surface area (Å²) in [7, 11) is 0. The van der Waals surface area contributed by atoms with Crippen LogP contribution < -0.4 is 5.32 Å². The molecule has 0 bridgehead atoms. The van der Waals surface area contributed by atoms with Crippen molar-refractivity contribution in [3.05, 3.63) is 39.8 Å². The maximum absolute atomic E-state index is 4.40. The van der Waals surface area contributed by atoms with Crippen molar-refractivity contribution in [2.24, 2.45) is 0 Å². The van der Waals surface area contributed by atoms with Crippen LogP contribution in [0.1, 0.15) is 5.69 Å². The minimum atomic E-state index is 0.782. The molecular weight excluding hydrogens is 314 g/mol. The summed E-state index contributed by atoms with van der Waals surface area (Å²) in [5.74, 6) is 0.782. The smallest absolute Gasteiger partial charge is 0.180 e. The van der Waals surface area contributed by atoms with Gasteiger partial charge in [-0.1, -0.05) is 0 Å². The lowest BCUT2D eigenvalue weighted by molar-refractivity contribution is 0.961. The normalized spacial score (nSPS) is 10.9. The van der Waals surface area contributed by atoms with Gasteiger partial charge < -0.3 is 9.72 Å². The van der Waals surface area contributed by atoms with Gasteiger partial charge in [-0.25, -0.2) is 15.0 Å². The molecule has 5 nitrogen and oxygen atoms in total. The van der Waals surface area contributed by atoms with Crippen LogP contribution in [0.2, 0.25) is 0 Å². The van der Waals surface area contributed by atoms with Crippen molar-refractivity contribution in [1.82, 2.24) is 19.4 Å². The molecule has 3 rings (SSSR count). The van der Waals surface area contributed by atoms with Crippen molar-refractivity contribution in [3.63, 3.8) is 0 Å². The molecular formula is C11H10BrN5S. The lowest BCUT2D eigenvalue weighted by Gasteiger charge is -2.06. The minimum absolute atomic E-state index is 0.782. The van der Waals surface area contributed by atoms with E-state index in [0.29, 0.717) is 0 Å². The molecule has 92 valence electrons. The zero-order chi connectivity index (χ0) is 12.4. The van der Waals surface area contributed by atoms with Crippen LogP contribution in [0.5, 0.6) is 0 Å². The molecule has 0 atom stereocenters. The summed E-state index contributed by atoms with van der Waals surface area (Å²) >= 11 is 5.00. The van der Waals surface area contributed by atoms with Crippen molar-refractivity contribution in [3.8, 4) is 0 Å². The van der Waals surface area contributed by atoms with Gasteiger partial charge in [0, 0.05) is 36.9 Å². The maximum Gasteiger partial charge on any atom is 0.180 e. The van der Waals surface area contributed by atoms with Crippen molar-refractivity contribution in [1.29, 1.82) is 0 Å². The second-order valence-electron chi connectivity index (χ2n) is 3.73. The van der Waals surface area contributed by atoms with Crippen molar-refractivity contribution in [2.45, 2.75) is 6.42 Å². The summed E-state index contributed by atoms with van der Waals surface area (Å²) in [6.45, 7) is 0.787. The first-order valence-corrected chi connectivity index (χ1v) is 7.16. The molecule has 0 saturated carbocycles. The molecule has 0 aromatic carbocycles. The van der Waals surface area contributed by atoms with E-state index in [1.54, 1.807) is 17.5 Å². The third-order valence-corrected chi connectivity index (χ3v) is 3.52. The van der Waals surface area contributed by atoms with E-state index < -0.39 is 0 Å². The summed E-state index contributed by atoms with van der Waals surface area (Å²) in [5, 5.41) is 5.35. The van der Waals surface area contributed by atoms with Crippen LogP contribution >= 0.6 is 27.3 Å². The molecule has 0 fully saturated rings. The summed E-state index contributed by atoms with van der Waals surface area (Å²) in [6.07, 6.45) is 6.42. The number of thiazole rings is 1. The number of nitrogens with one attached hydrogen (secondary N) is 1. The van der Waals surface area contributed by atoms with E-state index in [4.69, 9.17) is 0 Å².